The van der Waals surface area contributed by atoms with E-state index in [2.05, 4.69) is 193 Å². The maximum Gasteiger partial charge on any atom is 0.0973 e. The summed E-state index contributed by atoms with van der Waals surface area (Å²) < 4.78 is 4.93. The minimum absolute atomic E-state index is 0.263. The van der Waals surface area contributed by atoms with Crippen molar-refractivity contribution in [3.63, 3.8) is 0 Å². The van der Waals surface area contributed by atoms with Crippen molar-refractivity contribution in [2.75, 3.05) is 0 Å². The lowest BCUT2D eigenvalue weighted by Crippen LogP contribution is -2.15. The number of hydrogen-bond donors (Lipinski definition) is 0. The first-order valence-electron chi connectivity index (χ1n) is 21.1. The second-order valence-electron chi connectivity index (χ2n) is 17.0. The zero-order chi connectivity index (χ0) is 40.4. The van der Waals surface area contributed by atoms with Crippen LogP contribution in [0.2, 0.25) is 0 Å². The molecule has 0 radical (unpaired) electrons. The lowest BCUT2D eigenvalue weighted by atomic mass is 9.81. The standard InChI is InChI=1S/C57H38N4/c1-57(2)46-31-37(56-55(36-16-5-3-6-17-36)58-48-22-12-13-23-49(48)59-56)25-28-41(46)42-29-27-39(32-47(42)57)61-50-24-14-11-21-43(50)44-33-45-53(34-52(44)61)60(38-18-7-4-8-19-38)51-30-26-35-15-9-10-20-40(35)54(45)51/h3-34H,1-2H3. The molecule has 13 rings (SSSR count). The number of nitrogens with zero attached hydrogens (tertiary/aromatic N) is 4. The van der Waals surface area contributed by atoms with Crippen LogP contribution >= 0.6 is 0 Å². The average molecular weight is 779 g/mol. The van der Waals surface area contributed by atoms with Crippen LogP contribution in [-0.4, -0.2) is 19.1 Å². The highest BCUT2D eigenvalue weighted by atomic mass is 15.0. The summed E-state index contributed by atoms with van der Waals surface area (Å²) in [5.74, 6) is 0. The molecule has 0 amide bonds. The molecule has 1 aliphatic carbocycles. The molecule has 0 saturated carbocycles. The highest BCUT2D eigenvalue weighted by molar-refractivity contribution is 6.25. The Kier molecular flexibility index (Phi) is 7.04. The molecule has 0 N–H and O–H groups in total. The fraction of sp³-hybridized carbons (Fsp3) is 0.0526. The smallest absolute Gasteiger partial charge is 0.0973 e. The highest BCUT2D eigenvalue weighted by Crippen LogP contribution is 2.51. The van der Waals surface area contributed by atoms with Crippen molar-refractivity contribution in [3.8, 4) is 45.0 Å². The highest BCUT2D eigenvalue weighted by Gasteiger charge is 2.36. The molecule has 1 aliphatic rings. The van der Waals surface area contributed by atoms with Gasteiger partial charge < -0.3 is 9.13 Å². The van der Waals surface area contributed by atoms with E-state index in [0.717, 1.165) is 44.9 Å². The van der Waals surface area contributed by atoms with Crippen molar-refractivity contribution >= 4 is 65.4 Å². The summed E-state index contributed by atoms with van der Waals surface area (Å²) in [5.41, 5.74) is 17.7. The maximum absolute atomic E-state index is 5.26. The van der Waals surface area contributed by atoms with Crippen molar-refractivity contribution in [2.24, 2.45) is 0 Å². The van der Waals surface area contributed by atoms with Crippen molar-refractivity contribution < 1.29 is 0 Å². The van der Waals surface area contributed by atoms with Crippen LogP contribution in [0.1, 0.15) is 25.0 Å². The zero-order valence-electron chi connectivity index (χ0n) is 33.8. The Hall–Kier alpha value is -7.82. The number of hydrogen-bond acceptors (Lipinski definition) is 2. The van der Waals surface area contributed by atoms with Crippen molar-refractivity contribution in [1.82, 2.24) is 19.1 Å². The molecule has 12 aromatic rings. The van der Waals surface area contributed by atoms with Gasteiger partial charge in [-0.2, -0.15) is 0 Å². The van der Waals surface area contributed by atoms with E-state index in [4.69, 9.17) is 9.97 Å². The Bertz CT molecular complexity index is 3780. The van der Waals surface area contributed by atoms with Crippen LogP contribution in [0.5, 0.6) is 0 Å². The van der Waals surface area contributed by atoms with Gasteiger partial charge in [-0.25, -0.2) is 9.97 Å². The predicted molar refractivity (Wildman–Crippen MR) is 254 cm³/mol. The molecule has 0 bridgehead atoms. The summed E-state index contributed by atoms with van der Waals surface area (Å²) in [5, 5.41) is 7.58. The Morgan fingerprint density at radius 2 is 0.984 bits per heavy atom. The fourth-order valence-corrected chi connectivity index (χ4v) is 10.4. The number of para-hydroxylation sites is 4. The van der Waals surface area contributed by atoms with Gasteiger partial charge in [0.25, 0.3) is 0 Å². The van der Waals surface area contributed by atoms with E-state index in [-0.39, 0.29) is 5.41 Å². The van der Waals surface area contributed by atoms with Crippen molar-refractivity contribution in [1.29, 1.82) is 0 Å². The first-order valence-corrected chi connectivity index (χ1v) is 21.1. The second kappa shape index (κ2) is 12.6. The summed E-state index contributed by atoms with van der Waals surface area (Å²) >= 11 is 0. The first-order chi connectivity index (χ1) is 30.0. The van der Waals surface area contributed by atoms with E-state index < -0.39 is 0 Å². The summed E-state index contributed by atoms with van der Waals surface area (Å²) in [7, 11) is 0. The maximum atomic E-state index is 5.26. The van der Waals surface area contributed by atoms with Crippen LogP contribution in [0, 0.1) is 0 Å². The van der Waals surface area contributed by atoms with E-state index in [9.17, 15) is 0 Å². The first kappa shape index (κ1) is 34.1. The van der Waals surface area contributed by atoms with E-state index in [1.54, 1.807) is 0 Å². The average Bonchev–Trinajstić information content (AvgIpc) is 3.90. The molecule has 0 atom stereocenters. The lowest BCUT2D eigenvalue weighted by Gasteiger charge is -2.23. The van der Waals surface area contributed by atoms with Gasteiger partial charge >= 0.3 is 0 Å². The normalized spacial score (nSPS) is 13.2. The number of benzene rings is 9. The van der Waals surface area contributed by atoms with Gasteiger partial charge in [0.05, 0.1) is 44.5 Å². The molecule has 0 spiro atoms. The summed E-state index contributed by atoms with van der Waals surface area (Å²) in [6.07, 6.45) is 0. The summed E-state index contributed by atoms with van der Waals surface area (Å²) in [6, 6.07) is 70.5. The molecule has 0 aliphatic heterocycles. The van der Waals surface area contributed by atoms with E-state index in [1.807, 2.05) is 24.3 Å². The number of aromatic nitrogens is 4. The zero-order valence-corrected chi connectivity index (χ0v) is 33.8. The third-order valence-electron chi connectivity index (χ3n) is 13.3. The van der Waals surface area contributed by atoms with Gasteiger partial charge in [-0.05, 0) is 99.8 Å². The molecule has 9 aromatic carbocycles. The molecule has 0 saturated heterocycles. The molecular weight excluding hydrogens is 741 g/mol. The van der Waals surface area contributed by atoms with Gasteiger partial charge in [-0.3, -0.25) is 0 Å². The molecule has 3 aromatic heterocycles. The van der Waals surface area contributed by atoms with Crippen LogP contribution < -0.4 is 0 Å². The SMILES string of the molecule is CC1(C)c2cc(-c3nc4ccccc4nc3-c3ccccc3)ccc2-c2ccc(-n3c4ccccc4c4cc5c6c7ccccc7ccc6n(-c6ccccc6)c5cc43)cc21. The molecule has 0 fully saturated rings. The Morgan fingerprint density at radius 1 is 0.377 bits per heavy atom. The molecule has 4 heteroatoms. The third kappa shape index (κ3) is 4.87. The number of rotatable bonds is 4. The van der Waals surface area contributed by atoms with Gasteiger partial charge in [0, 0.05) is 49.5 Å². The van der Waals surface area contributed by atoms with Crippen molar-refractivity contribution in [2.45, 2.75) is 19.3 Å². The van der Waals surface area contributed by atoms with Gasteiger partial charge in [0.1, 0.15) is 0 Å². The van der Waals surface area contributed by atoms with Crippen LogP contribution in [0.15, 0.2) is 194 Å². The molecule has 61 heavy (non-hydrogen) atoms. The Labute approximate surface area is 352 Å². The Balaban J connectivity index is 1.01. The van der Waals surface area contributed by atoms with Gasteiger partial charge in [-0.1, -0.05) is 141 Å². The lowest BCUT2D eigenvalue weighted by molar-refractivity contribution is 0.660. The minimum Gasteiger partial charge on any atom is -0.309 e. The van der Waals surface area contributed by atoms with Gasteiger partial charge in [0.2, 0.25) is 0 Å². The largest absolute Gasteiger partial charge is 0.309 e. The topological polar surface area (TPSA) is 35.6 Å². The van der Waals surface area contributed by atoms with Crippen LogP contribution in [0.25, 0.3) is 110 Å². The van der Waals surface area contributed by atoms with Crippen LogP contribution in [0.3, 0.4) is 0 Å². The molecular formula is C57H38N4. The Morgan fingerprint density at radius 3 is 1.77 bits per heavy atom. The van der Waals surface area contributed by atoms with Crippen LogP contribution in [-0.2, 0) is 5.41 Å². The molecule has 4 nitrogen and oxygen atoms in total. The molecule has 3 heterocycles. The predicted octanol–water partition coefficient (Wildman–Crippen LogP) is 14.6. The fourth-order valence-electron chi connectivity index (χ4n) is 10.4. The molecule has 0 unspecified atom stereocenters. The van der Waals surface area contributed by atoms with E-state index >= 15 is 0 Å². The molecule has 286 valence electrons. The third-order valence-corrected chi connectivity index (χ3v) is 13.3. The quantitative estimate of drug-likeness (QED) is 0.178. The monoisotopic (exact) mass is 778 g/mol. The van der Waals surface area contributed by atoms with Crippen molar-refractivity contribution in [3.05, 3.63) is 205 Å². The van der Waals surface area contributed by atoms with E-state index in [0.29, 0.717) is 0 Å². The van der Waals surface area contributed by atoms with Crippen LogP contribution in [0.4, 0.5) is 0 Å². The van der Waals surface area contributed by atoms with Gasteiger partial charge in [-0.15, -0.1) is 0 Å². The summed E-state index contributed by atoms with van der Waals surface area (Å²) in [6.45, 7) is 4.74. The van der Waals surface area contributed by atoms with E-state index in [1.165, 1.54) is 76.6 Å². The summed E-state index contributed by atoms with van der Waals surface area (Å²) in [4.78, 5) is 10.4. The minimum atomic E-state index is -0.263. The number of fused-ring (bicyclic) bond motifs is 12. The van der Waals surface area contributed by atoms with Gasteiger partial charge in [0.15, 0.2) is 0 Å². The second-order valence-corrected chi connectivity index (χ2v) is 17.0.